The van der Waals surface area contributed by atoms with Gasteiger partial charge < -0.3 is 9.80 Å². The molecule has 344 valence electrons. The van der Waals surface area contributed by atoms with Gasteiger partial charge in [-0.25, -0.2) is 0 Å². The molecular weight excluding hydrogens is 808 g/mol. The monoisotopic (exact) mass is 883 g/mol. The average Bonchev–Trinajstić information content (AvgIpc) is 3.54. The minimum Gasteiger partial charge on any atom is -0.311 e. The highest BCUT2D eigenvalue weighted by atomic mass is 15.2. The van der Waals surface area contributed by atoms with Gasteiger partial charge in [-0.2, -0.15) is 0 Å². The first-order chi connectivity index (χ1) is 31.1. The maximum Gasteiger partial charge on any atom is 0.252 e. The number of benzene rings is 6. The van der Waals surface area contributed by atoms with Gasteiger partial charge in [-0.1, -0.05) is 165 Å². The Kier molecular flexibility index (Phi) is 9.18. The zero-order valence-electron chi connectivity index (χ0n) is 44.0. The number of hydrogen-bond acceptors (Lipinski definition) is 2. The average molecular weight is 883 g/mol. The number of hydrogen-bond donors (Lipinski definition) is 0. The van der Waals surface area contributed by atoms with Gasteiger partial charge in [0, 0.05) is 34.1 Å². The number of fused-ring (bicyclic) bond motifs is 7. The second-order valence-corrected chi connectivity index (χ2v) is 26.9. The van der Waals surface area contributed by atoms with Crippen LogP contribution in [0, 0.1) is 13.8 Å². The first kappa shape index (κ1) is 44.5. The van der Waals surface area contributed by atoms with E-state index in [2.05, 4.69) is 225 Å². The van der Waals surface area contributed by atoms with E-state index in [-0.39, 0.29) is 44.6 Å². The van der Waals surface area contributed by atoms with E-state index in [9.17, 15) is 0 Å². The largest absolute Gasteiger partial charge is 0.311 e. The molecule has 0 spiro atoms. The fraction of sp³-hybridized carbons (Fsp3) is 0.438. The van der Waals surface area contributed by atoms with Gasteiger partial charge in [-0.15, -0.1) is 0 Å². The minimum atomic E-state index is -0.106. The molecule has 2 aliphatic heterocycles. The van der Waals surface area contributed by atoms with Gasteiger partial charge in [0.05, 0.1) is 0 Å². The van der Waals surface area contributed by atoms with Crippen LogP contribution < -0.4 is 26.2 Å². The molecule has 0 fully saturated rings. The van der Waals surface area contributed by atoms with Crippen molar-refractivity contribution in [2.45, 2.75) is 181 Å². The van der Waals surface area contributed by atoms with Crippen molar-refractivity contribution < 1.29 is 0 Å². The Morgan fingerprint density at radius 1 is 0.403 bits per heavy atom. The Hall–Kier alpha value is -5.02. The highest BCUT2D eigenvalue weighted by molar-refractivity contribution is 7.00. The molecule has 2 heterocycles. The van der Waals surface area contributed by atoms with Crippen LogP contribution in [0.5, 0.6) is 0 Å². The topological polar surface area (TPSA) is 6.48 Å². The fourth-order valence-corrected chi connectivity index (χ4v) is 14.5. The molecule has 0 radical (unpaired) electrons. The Labute approximate surface area is 404 Å². The predicted molar refractivity (Wildman–Crippen MR) is 291 cm³/mol. The first-order valence-electron chi connectivity index (χ1n) is 25.6. The third kappa shape index (κ3) is 6.48. The van der Waals surface area contributed by atoms with Crippen molar-refractivity contribution in [3.8, 4) is 11.1 Å². The van der Waals surface area contributed by atoms with Gasteiger partial charge in [-0.3, -0.25) is 0 Å². The lowest BCUT2D eigenvalue weighted by Gasteiger charge is -2.48. The summed E-state index contributed by atoms with van der Waals surface area (Å²) in [7, 11) is 0. The van der Waals surface area contributed by atoms with Crippen molar-refractivity contribution in [1.29, 1.82) is 0 Å². The van der Waals surface area contributed by atoms with Crippen LogP contribution in [0.4, 0.5) is 34.1 Å². The van der Waals surface area contributed by atoms with Crippen LogP contribution in [0.3, 0.4) is 0 Å². The Balaban J connectivity index is 1.30. The zero-order valence-corrected chi connectivity index (χ0v) is 44.0. The molecule has 6 aromatic carbocycles. The quantitative estimate of drug-likeness (QED) is 0.163. The summed E-state index contributed by atoms with van der Waals surface area (Å²) >= 11 is 0. The molecule has 3 heteroatoms. The minimum absolute atomic E-state index is 0.0442. The van der Waals surface area contributed by atoms with Crippen LogP contribution in [-0.2, 0) is 37.9 Å². The Morgan fingerprint density at radius 2 is 0.821 bits per heavy atom. The van der Waals surface area contributed by atoms with Crippen LogP contribution in [0.2, 0.25) is 0 Å². The van der Waals surface area contributed by atoms with E-state index in [1.807, 2.05) is 0 Å². The van der Waals surface area contributed by atoms with Crippen LogP contribution >= 0.6 is 0 Å². The summed E-state index contributed by atoms with van der Waals surface area (Å²) in [6.07, 6.45) is 4.65. The van der Waals surface area contributed by atoms with E-state index in [0.717, 1.165) is 12.8 Å². The molecule has 0 amide bonds. The summed E-state index contributed by atoms with van der Waals surface area (Å²) in [5.74, 6) is 0. The molecule has 0 unspecified atom stereocenters. The highest BCUT2D eigenvalue weighted by Gasteiger charge is 2.50. The van der Waals surface area contributed by atoms with Crippen molar-refractivity contribution in [2.24, 2.45) is 0 Å². The second-order valence-electron chi connectivity index (χ2n) is 26.9. The van der Waals surface area contributed by atoms with Crippen LogP contribution in [-0.4, -0.2) is 6.71 Å². The maximum absolute atomic E-state index is 2.76. The van der Waals surface area contributed by atoms with Crippen LogP contribution in [0.15, 0.2) is 97.1 Å². The van der Waals surface area contributed by atoms with Gasteiger partial charge in [0.1, 0.15) is 0 Å². The van der Waals surface area contributed by atoms with E-state index < -0.39 is 0 Å². The maximum atomic E-state index is 2.76. The van der Waals surface area contributed by atoms with E-state index in [0.29, 0.717) is 0 Å². The molecule has 67 heavy (non-hydrogen) atoms. The molecule has 3 aliphatic carbocycles. The van der Waals surface area contributed by atoms with E-state index >= 15 is 0 Å². The van der Waals surface area contributed by atoms with Crippen LogP contribution in [0.25, 0.3) is 11.1 Å². The van der Waals surface area contributed by atoms with Gasteiger partial charge in [-0.05, 0) is 191 Å². The number of rotatable bonds is 3. The lowest BCUT2D eigenvalue weighted by atomic mass is 9.33. The number of nitrogens with zero attached hydrogens (tertiary/aromatic N) is 2. The lowest BCUT2D eigenvalue weighted by molar-refractivity contribution is 0.332. The summed E-state index contributed by atoms with van der Waals surface area (Å²) in [5.41, 5.74) is 28.1. The molecule has 6 aromatic rings. The molecule has 0 saturated heterocycles. The fourth-order valence-electron chi connectivity index (χ4n) is 14.5. The standard InChI is InChI=1S/C64H75BN2/c1-38-27-43-47(63(14,15)36-61(43,10)11)33-51(38)66-53-29-41(40-21-19-18-20-22-40)23-24-49(53)65-50-32-45-46(60(8,9)26-25-59(45,6)7)35-54(50)67(56-31-42(58(3,4)5)30-55(66)57(56)65)52-34-48-44(28-39(52)2)62(12,13)37-64(48,16)17/h18-24,27-35H,25-26,36-37H2,1-17H3. The van der Waals surface area contributed by atoms with Gasteiger partial charge in [0.2, 0.25) is 0 Å². The first-order valence-corrected chi connectivity index (χ1v) is 25.6. The normalized spacial score (nSPS) is 20.4. The van der Waals surface area contributed by atoms with Crippen molar-refractivity contribution >= 4 is 57.2 Å². The summed E-state index contributed by atoms with van der Waals surface area (Å²) in [6, 6.07) is 39.4. The van der Waals surface area contributed by atoms with E-state index in [1.165, 1.54) is 125 Å². The summed E-state index contributed by atoms with van der Waals surface area (Å²) in [5, 5.41) is 0. The van der Waals surface area contributed by atoms with Gasteiger partial charge in [0.25, 0.3) is 6.71 Å². The molecular formula is C64H75BN2. The predicted octanol–water partition coefficient (Wildman–Crippen LogP) is 15.6. The summed E-state index contributed by atoms with van der Waals surface area (Å²) < 4.78 is 0. The Morgan fingerprint density at radius 3 is 1.30 bits per heavy atom. The Bertz CT molecular complexity index is 3090. The van der Waals surface area contributed by atoms with Gasteiger partial charge in [0.15, 0.2) is 0 Å². The lowest BCUT2D eigenvalue weighted by Crippen LogP contribution is -2.62. The SMILES string of the molecule is Cc1cc2c(cc1N1c3cc(-c4ccccc4)ccc3B3c4cc5c(cc4N(c4cc6c(cc4C)C(C)(C)CC6(C)C)c4cc(C(C)(C)C)cc1c43)C(C)(C)CCC5(C)C)C(C)(C)CC2(C)C. The molecule has 5 aliphatic rings. The highest BCUT2D eigenvalue weighted by Crippen LogP contribution is 2.57. The third-order valence-electron chi connectivity index (χ3n) is 17.9. The molecule has 0 aromatic heterocycles. The third-order valence-corrected chi connectivity index (χ3v) is 17.9. The van der Waals surface area contributed by atoms with Crippen molar-refractivity contribution in [1.82, 2.24) is 0 Å². The smallest absolute Gasteiger partial charge is 0.252 e. The van der Waals surface area contributed by atoms with Crippen molar-refractivity contribution in [3.05, 3.63) is 147 Å². The second kappa shape index (κ2) is 13.8. The summed E-state index contributed by atoms with van der Waals surface area (Å²) in [6.45, 7) is 41.7. The molecule has 0 N–H and O–H groups in total. The molecule has 0 saturated carbocycles. The summed E-state index contributed by atoms with van der Waals surface area (Å²) in [4.78, 5) is 5.48. The zero-order chi connectivity index (χ0) is 47.9. The molecule has 2 nitrogen and oxygen atoms in total. The van der Waals surface area contributed by atoms with E-state index in [1.54, 1.807) is 0 Å². The molecule has 11 rings (SSSR count). The molecule has 0 atom stereocenters. The molecule has 0 bridgehead atoms. The van der Waals surface area contributed by atoms with Crippen molar-refractivity contribution in [2.75, 3.05) is 9.80 Å². The van der Waals surface area contributed by atoms with Crippen LogP contribution in [0.1, 0.15) is 180 Å². The number of anilines is 6. The van der Waals surface area contributed by atoms with E-state index in [4.69, 9.17) is 0 Å². The van der Waals surface area contributed by atoms with Crippen molar-refractivity contribution in [3.63, 3.8) is 0 Å². The van der Waals surface area contributed by atoms with Gasteiger partial charge >= 0.3 is 0 Å². The number of aryl methyl sites for hydroxylation is 2.